The van der Waals surface area contributed by atoms with Crippen LogP contribution in [0.25, 0.3) is 17.8 Å². The Bertz CT molecular complexity index is 1030. The summed E-state index contributed by atoms with van der Waals surface area (Å²) in [5.74, 6) is 1.09. The lowest BCUT2D eigenvalue weighted by Crippen LogP contribution is -2.23. The number of amides is 1. The Kier molecular flexibility index (Phi) is 4.62. The molecule has 0 N–H and O–H groups in total. The average molecular weight is 387 g/mol. The molecule has 146 valence electrons. The van der Waals surface area contributed by atoms with Crippen LogP contribution in [0, 0.1) is 13.8 Å². The molecule has 0 radical (unpaired) electrons. The van der Waals surface area contributed by atoms with Gasteiger partial charge in [0.15, 0.2) is 17.3 Å². The molecule has 3 aromatic rings. The summed E-state index contributed by atoms with van der Waals surface area (Å²) < 4.78 is 29.0. The highest BCUT2D eigenvalue weighted by atomic mass is 19.3. The molecule has 1 aliphatic heterocycles. The first-order valence-corrected chi connectivity index (χ1v) is 8.95. The smallest absolute Gasteiger partial charge is 0.256 e. The number of nitrogens with zero attached hydrogens (tertiary/aromatic N) is 7. The second kappa shape index (κ2) is 7.10. The van der Waals surface area contributed by atoms with Crippen molar-refractivity contribution in [1.82, 2.24) is 29.1 Å². The van der Waals surface area contributed by atoms with Gasteiger partial charge in [-0.3, -0.25) is 14.7 Å². The molecule has 0 bridgehead atoms. The minimum absolute atomic E-state index is 0.0438. The fourth-order valence-corrected chi connectivity index (χ4v) is 3.19. The highest BCUT2D eigenvalue weighted by Crippen LogP contribution is 2.22. The normalized spacial score (nSPS) is 15.0. The van der Waals surface area contributed by atoms with Gasteiger partial charge >= 0.3 is 0 Å². The van der Waals surface area contributed by atoms with Gasteiger partial charge in [0, 0.05) is 25.4 Å². The van der Waals surface area contributed by atoms with Crippen molar-refractivity contribution in [3.8, 4) is 0 Å². The summed E-state index contributed by atoms with van der Waals surface area (Å²) in [6.45, 7) is 3.75. The van der Waals surface area contributed by atoms with Crippen LogP contribution in [0.15, 0.2) is 12.4 Å². The van der Waals surface area contributed by atoms with Gasteiger partial charge in [-0.2, -0.15) is 0 Å². The zero-order valence-electron chi connectivity index (χ0n) is 15.5. The molecule has 0 spiro atoms. The van der Waals surface area contributed by atoms with E-state index in [0.29, 0.717) is 36.1 Å². The summed E-state index contributed by atoms with van der Waals surface area (Å²) in [7, 11) is 0. The van der Waals surface area contributed by atoms with Crippen LogP contribution in [-0.4, -0.2) is 48.0 Å². The molecule has 1 aliphatic rings. The zero-order valence-corrected chi connectivity index (χ0v) is 15.5. The second-order valence-corrected chi connectivity index (χ2v) is 6.67. The summed E-state index contributed by atoms with van der Waals surface area (Å²) >= 11 is 0. The summed E-state index contributed by atoms with van der Waals surface area (Å²) in [6.07, 6.45) is 5.05. The molecule has 0 saturated carbocycles. The SMILES string of the molecule is Cc1ncc(C)n2nc(/C=C/c3nc(N4CCCC4=O)cn3CC(F)F)nc12. The molecule has 4 rings (SSSR count). The number of aryl methyl sites for hydroxylation is 2. The van der Waals surface area contributed by atoms with Gasteiger partial charge in [-0.25, -0.2) is 23.3 Å². The van der Waals surface area contributed by atoms with E-state index in [2.05, 4.69) is 20.1 Å². The lowest BCUT2D eigenvalue weighted by atomic mass is 10.4. The van der Waals surface area contributed by atoms with E-state index in [-0.39, 0.29) is 5.91 Å². The number of fused-ring (bicyclic) bond motifs is 1. The van der Waals surface area contributed by atoms with Crippen molar-refractivity contribution < 1.29 is 13.6 Å². The molecule has 28 heavy (non-hydrogen) atoms. The molecule has 3 aromatic heterocycles. The highest BCUT2D eigenvalue weighted by Gasteiger charge is 2.25. The zero-order chi connectivity index (χ0) is 19.8. The van der Waals surface area contributed by atoms with E-state index in [1.165, 1.54) is 15.7 Å². The van der Waals surface area contributed by atoms with Crippen LogP contribution in [0.3, 0.4) is 0 Å². The molecule has 8 nitrogen and oxygen atoms in total. The van der Waals surface area contributed by atoms with Crippen LogP contribution in [-0.2, 0) is 11.3 Å². The van der Waals surface area contributed by atoms with Crippen molar-refractivity contribution in [2.75, 3.05) is 11.4 Å². The number of aromatic nitrogens is 6. The first kappa shape index (κ1) is 18.2. The third kappa shape index (κ3) is 3.37. The highest BCUT2D eigenvalue weighted by molar-refractivity contribution is 5.94. The summed E-state index contributed by atoms with van der Waals surface area (Å²) in [5, 5.41) is 4.40. The molecule has 0 atom stereocenters. The van der Waals surface area contributed by atoms with Crippen molar-refractivity contribution >= 4 is 29.5 Å². The molecule has 4 heterocycles. The number of anilines is 1. The summed E-state index contributed by atoms with van der Waals surface area (Å²) in [5.41, 5.74) is 2.22. The Morgan fingerprint density at radius 3 is 2.75 bits per heavy atom. The minimum Gasteiger partial charge on any atom is -0.323 e. The van der Waals surface area contributed by atoms with Crippen molar-refractivity contribution in [2.24, 2.45) is 0 Å². The maximum Gasteiger partial charge on any atom is 0.256 e. The molecule has 0 unspecified atom stereocenters. The molecule has 1 fully saturated rings. The van der Waals surface area contributed by atoms with Gasteiger partial charge in [-0.15, -0.1) is 5.10 Å². The summed E-state index contributed by atoms with van der Waals surface area (Å²) in [4.78, 5) is 26.5. The van der Waals surface area contributed by atoms with E-state index in [0.717, 1.165) is 17.8 Å². The Hall–Kier alpha value is -3.17. The van der Waals surface area contributed by atoms with Gasteiger partial charge in [-0.05, 0) is 32.4 Å². The molecular weight excluding hydrogens is 368 g/mol. The van der Waals surface area contributed by atoms with Crippen LogP contribution in [0.5, 0.6) is 0 Å². The molecular formula is C18H19F2N7O. The molecule has 1 saturated heterocycles. The van der Waals surface area contributed by atoms with Crippen molar-refractivity contribution in [2.45, 2.75) is 39.7 Å². The lowest BCUT2D eigenvalue weighted by Gasteiger charge is -2.10. The molecule has 10 heteroatoms. The predicted octanol–water partition coefficient (Wildman–Crippen LogP) is 2.50. The minimum atomic E-state index is -2.53. The van der Waals surface area contributed by atoms with Crippen LogP contribution >= 0.6 is 0 Å². The number of alkyl halides is 2. The van der Waals surface area contributed by atoms with E-state index in [1.54, 1.807) is 22.9 Å². The Balaban J connectivity index is 1.68. The molecule has 1 amide bonds. The van der Waals surface area contributed by atoms with Crippen molar-refractivity contribution in [3.05, 3.63) is 35.4 Å². The number of halogens is 2. The van der Waals surface area contributed by atoms with Crippen molar-refractivity contribution in [3.63, 3.8) is 0 Å². The van der Waals surface area contributed by atoms with Gasteiger partial charge in [0.05, 0.1) is 17.9 Å². The largest absolute Gasteiger partial charge is 0.323 e. The van der Waals surface area contributed by atoms with Crippen LogP contribution in [0.2, 0.25) is 0 Å². The van der Waals surface area contributed by atoms with Gasteiger partial charge in [0.25, 0.3) is 6.43 Å². The quantitative estimate of drug-likeness (QED) is 0.672. The average Bonchev–Trinajstić information content (AvgIpc) is 3.35. The van der Waals surface area contributed by atoms with E-state index < -0.39 is 13.0 Å². The van der Waals surface area contributed by atoms with Gasteiger partial charge < -0.3 is 4.57 Å². The third-order valence-electron chi connectivity index (χ3n) is 4.59. The van der Waals surface area contributed by atoms with Crippen LogP contribution in [0.4, 0.5) is 14.6 Å². The lowest BCUT2D eigenvalue weighted by molar-refractivity contribution is -0.117. The summed E-state index contributed by atoms with van der Waals surface area (Å²) in [6, 6.07) is 0. The maximum absolute atomic E-state index is 13.0. The first-order valence-electron chi connectivity index (χ1n) is 8.95. The number of hydrogen-bond donors (Lipinski definition) is 0. The van der Waals surface area contributed by atoms with E-state index in [4.69, 9.17) is 0 Å². The monoisotopic (exact) mass is 387 g/mol. The Labute approximate surface area is 159 Å². The van der Waals surface area contributed by atoms with Gasteiger partial charge in [0.2, 0.25) is 5.91 Å². The molecule has 0 aromatic carbocycles. The number of imidazole rings is 1. The Morgan fingerprint density at radius 2 is 2.07 bits per heavy atom. The first-order chi connectivity index (χ1) is 13.4. The number of rotatable bonds is 5. The van der Waals surface area contributed by atoms with E-state index in [1.807, 2.05) is 13.8 Å². The topological polar surface area (TPSA) is 81.2 Å². The fraction of sp³-hybridized carbons (Fsp3) is 0.389. The van der Waals surface area contributed by atoms with Crippen LogP contribution < -0.4 is 4.90 Å². The number of hydrogen-bond acceptors (Lipinski definition) is 5. The maximum atomic E-state index is 13.0. The van der Waals surface area contributed by atoms with Gasteiger partial charge in [0.1, 0.15) is 5.82 Å². The fourth-order valence-electron chi connectivity index (χ4n) is 3.19. The second-order valence-electron chi connectivity index (χ2n) is 6.67. The number of carbonyl (C=O) groups excluding carboxylic acids is 1. The van der Waals surface area contributed by atoms with E-state index >= 15 is 0 Å². The van der Waals surface area contributed by atoms with E-state index in [9.17, 15) is 13.6 Å². The molecule has 0 aliphatic carbocycles. The predicted molar refractivity (Wildman–Crippen MR) is 99.0 cm³/mol. The third-order valence-corrected chi connectivity index (χ3v) is 4.59. The standard InChI is InChI=1S/C18H19F2N7O/c1-11-8-21-12(2)18-22-14(24-27(11)18)5-6-15-23-16(10-25(15)9-13(19)20)26-7-3-4-17(26)28/h5-6,8,10,13H,3-4,7,9H2,1-2H3/b6-5+. The number of carbonyl (C=O) groups is 1. The van der Waals surface area contributed by atoms with Crippen molar-refractivity contribution in [1.29, 1.82) is 0 Å². The Morgan fingerprint density at radius 1 is 1.25 bits per heavy atom. The van der Waals surface area contributed by atoms with Crippen LogP contribution in [0.1, 0.15) is 35.9 Å². The van der Waals surface area contributed by atoms with Gasteiger partial charge in [-0.1, -0.05) is 0 Å².